The molecule has 0 saturated carbocycles. The highest BCUT2D eigenvalue weighted by Gasteiger charge is 2.42. The van der Waals surface area contributed by atoms with Crippen molar-refractivity contribution in [2.75, 3.05) is 4.90 Å². The molecule has 2 aliphatic carbocycles. The number of hydrogen-bond acceptors (Lipinski definition) is 4. The summed E-state index contributed by atoms with van der Waals surface area (Å²) in [6, 6.07) is 40.1. The van der Waals surface area contributed by atoms with Crippen molar-refractivity contribution in [3.05, 3.63) is 139 Å². The Morgan fingerprint density at radius 3 is 2.32 bits per heavy atom. The van der Waals surface area contributed by atoms with E-state index in [1.807, 2.05) is 11.3 Å². The highest BCUT2D eigenvalue weighted by atomic mass is 32.1. The lowest BCUT2D eigenvalue weighted by Gasteiger charge is -2.30. The predicted octanol–water partition coefficient (Wildman–Crippen LogP) is 12.1. The van der Waals surface area contributed by atoms with E-state index in [4.69, 9.17) is 4.98 Å². The highest BCUT2D eigenvalue weighted by Crippen LogP contribution is 2.54. The first kappa shape index (κ1) is 25.9. The van der Waals surface area contributed by atoms with Crippen molar-refractivity contribution in [3.8, 4) is 10.6 Å². The quantitative estimate of drug-likeness (QED) is 0.199. The first-order valence-corrected chi connectivity index (χ1v) is 16.9. The van der Waals surface area contributed by atoms with Crippen LogP contribution in [-0.2, 0) is 5.41 Å². The number of rotatable bonds is 4. The summed E-state index contributed by atoms with van der Waals surface area (Å²) in [4.78, 5) is 7.43. The molecule has 2 aromatic heterocycles. The van der Waals surface area contributed by atoms with Crippen LogP contribution in [0.15, 0.2) is 127 Å². The molecule has 5 aromatic carbocycles. The Morgan fingerprint density at radius 2 is 1.43 bits per heavy atom. The van der Waals surface area contributed by atoms with Crippen LogP contribution in [0.2, 0.25) is 0 Å². The smallest absolute Gasteiger partial charge is 0.124 e. The zero-order chi connectivity index (χ0) is 29.4. The van der Waals surface area contributed by atoms with E-state index in [-0.39, 0.29) is 5.41 Å². The third-order valence-electron chi connectivity index (χ3n) is 9.57. The third kappa shape index (κ3) is 3.94. The maximum atomic E-state index is 4.99. The molecule has 0 fully saturated rings. The summed E-state index contributed by atoms with van der Waals surface area (Å²) < 4.78 is 3.83. The third-order valence-corrected chi connectivity index (χ3v) is 11.8. The average molecular weight is 603 g/mol. The van der Waals surface area contributed by atoms with E-state index in [0.717, 1.165) is 28.2 Å². The molecule has 0 radical (unpaired) electrons. The van der Waals surface area contributed by atoms with Crippen LogP contribution in [-0.4, -0.2) is 4.98 Å². The molecule has 0 aliphatic heterocycles. The molecule has 0 bridgehead atoms. The van der Waals surface area contributed by atoms with Crippen LogP contribution in [0.1, 0.15) is 31.4 Å². The van der Waals surface area contributed by atoms with E-state index in [1.54, 1.807) is 11.3 Å². The van der Waals surface area contributed by atoms with Gasteiger partial charge in [0, 0.05) is 42.8 Å². The van der Waals surface area contributed by atoms with Crippen molar-refractivity contribution in [1.82, 2.24) is 4.98 Å². The molecule has 9 rings (SSSR count). The molecule has 2 heterocycles. The number of anilines is 3. The second kappa shape index (κ2) is 9.75. The number of thiazole rings is 1. The van der Waals surface area contributed by atoms with Gasteiger partial charge in [0.05, 0.1) is 10.2 Å². The number of aromatic nitrogens is 1. The van der Waals surface area contributed by atoms with Gasteiger partial charge < -0.3 is 4.90 Å². The van der Waals surface area contributed by atoms with Crippen LogP contribution in [0.4, 0.5) is 17.1 Å². The van der Waals surface area contributed by atoms with Gasteiger partial charge >= 0.3 is 0 Å². The second-order valence-corrected chi connectivity index (χ2v) is 14.6. The number of benzene rings is 5. The molecule has 4 heteroatoms. The van der Waals surface area contributed by atoms with E-state index < -0.39 is 0 Å². The molecule has 2 nitrogen and oxygen atoms in total. The minimum atomic E-state index is 0.0647. The van der Waals surface area contributed by atoms with Gasteiger partial charge in [-0.3, -0.25) is 0 Å². The zero-order valence-electron chi connectivity index (χ0n) is 24.6. The monoisotopic (exact) mass is 602 g/mol. The van der Waals surface area contributed by atoms with Gasteiger partial charge in [-0.05, 0) is 83.0 Å². The summed E-state index contributed by atoms with van der Waals surface area (Å²) in [6.07, 6.45) is 7.98. The standard InChI is InChI=1S/C40H30N2S2/c1-40(2)33-14-8-6-12-29(33)30-19-16-26(22-34(30)40)42(27-17-20-32-31-13-7-9-15-36(31)43-37(32)23-27)28-18-21-35-38(24-28)44-39(41-35)25-10-4-3-5-11-25/h3-13,15-24,33H,14H2,1-2H3. The van der Waals surface area contributed by atoms with Gasteiger partial charge in [0.25, 0.3) is 0 Å². The molecule has 44 heavy (non-hydrogen) atoms. The molecule has 212 valence electrons. The molecule has 0 saturated heterocycles. The van der Waals surface area contributed by atoms with Gasteiger partial charge in [-0.1, -0.05) is 92.7 Å². The lowest BCUT2D eigenvalue weighted by atomic mass is 9.75. The van der Waals surface area contributed by atoms with Crippen LogP contribution >= 0.6 is 22.7 Å². The SMILES string of the molecule is CC1(C)c2cc(N(c3ccc4nc(-c5ccccc5)sc4c3)c3ccc4c(c3)sc3ccccc34)ccc2C2=CC=CCC21. The summed E-state index contributed by atoms with van der Waals surface area (Å²) in [5.74, 6) is 0.519. The van der Waals surface area contributed by atoms with Crippen molar-refractivity contribution in [1.29, 1.82) is 0 Å². The maximum absolute atomic E-state index is 4.99. The second-order valence-electron chi connectivity index (χ2n) is 12.4. The van der Waals surface area contributed by atoms with Gasteiger partial charge in [-0.25, -0.2) is 4.98 Å². The van der Waals surface area contributed by atoms with E-state index in [9.17, 15) is 0 Å². The molecular weight excluding hydrogens is 573 g/mol. The average Bonchev–Trinajstić information content (AvgIpc) is 3.72. The topological polar surface area (TPSA) is 16.1 Å². The van der Waals surface area contributed by atoms with Crippen molar-refractivity contribution in [2.24, 2.45) is 5.92 Å². The first-order chi connectivity index (χ1) is 21.5. The van der Waals surface area contributed by atoms with Gasteiger partial charge in [-0.2, -0.15) is 0 Å². The highest BCUT2D eigenvalue weighted by molar-refractivity contribution is 7.25. The van der Waals surface area contributed by atoms with Crippen LogP contribution in [0.25, 0.3) is 46.5 Å². The Morgan fingerprint density at radius 1 is 0.705 bits per heavy atom. The molecule has 2 aliphatic rings. The number of nitrogens with zero attached hydrogens (tertiary/aromatic N) is 2. The van der Waals surface area contributed by atoms with Crippen LogP contribution in [0, 0.1) is 5.92 Å². The van der Waals surface area contributed by atoms with E-state index in [2.05, 4.69) is 146 Å². The van der Waals surface area contributed by atoms with Crippen LogP contribution in [0.5, 0.6) is 0 Å². The summed E-state index contributed by atoms with van der Waals surface area (Å²) >= 11 is 3.63. The van der Waals surface area contributed by atoms with E-state index in [1.165, 1.54) is 52.9 Å². The number of fused-ring (bicyclic) bond motifs is 7. The fourth-order valence-corrected chi connectivity index (χ4v) is 9.43. The Kier molecular flexibility index (Phi) is 5.75. The molecule has 0 amide bonds. The van der Waals surface area contributed by atoms with Crippen LogP contribution < -0.4 is 4.90 Å². The fourth-order valence-electron chi connectivity index (χ4n) is 7.29. The van der Waals surface area contributed by atoms with Crippen LogP contribution in [0.3, 0.4) is 0 Å². The number of allylic oxidation sites excluding steroid dienone is 4. The zero-order valence-corrected chi connectivity index (χ0v) is 26.3. The first-order valence-electron chi connectivity index (χ1n) is 15.2. The van der Waals surface area contributed by atoms with Crippen molar-refractivity contribution in [2.45, 2.75) is 25.7 Å². The Labute approximate surface area is 265 Å². The minimum Gasteiger partial charge on any atom is -0.310 e. The molecule has 0 N–H and O–H groups in total. The molecule has 1 atom stereocenters. The Balaban J connectivity index is 1.23. The Hall–Kier alpha value is -4.51. The van der Waals surface area contributed by atoms with E-state index in [0.29, 0.717) is 5.92 Å². The summed E-state index contributed by atoms with van der Waals surface area (Å²) in [6.45, 7) is 4.84. The van der Waals surface area contributed by atoms with Gasteiger partial charge in [-0.15, -0.1) is 22.7 Å². The summed E-state index contributed by atoms with van der Waals surface area (Å²) in [5, 5.41) is 3.70. The number of hydrogen-bond donors (Lipinski definition) is 0. The van der Waals surface area contributed by atoms with E-state index >= 15 is 0 Å². The van der Waals surface area contributed by atoms with Crippen molar-refractivity contribution < 1.29 is 0 Å². The summed E-state index contributed by atoms with van der Waals surface area (Å²) in [7, 11) is 0. The minimum absolute atomic E-state index is 0.0647. The maximum Gasteiger partial charge on any atom is 0.124 e. The van der Waals surface area contributed by atoms with Gasteiger partial charge in [0.15, 0.2) is 0 Å². The van der Waals surface area contributed by atoms with Gasteiger partial charge in [0.1, 0.15) is 5.01 Å². The summed E-state index contributed by atoms with van der Waals surface area (Å²) in [5.41, 5.74) is 10.1. The van der Waals surface area contributed by atoms with Crippen molar-refractivity contribution >= 4 is 75.7 Å². The lowest BCUT2D eigenvalue weighted by molar-refractivity contribution is 0.415. The molecule has 1 unspecified atom stereocenters. The lowest BCUT2D eigenvalue weighted by Crippen LogP contribution is -2.24. The molecular formula is C40H30N2S2. The van der Waals surface area contributed by atoms with Crippen molar-refractivity contribution in [3.63, 3.8) is 0 Å². The fraction of sp³-hybridized carbons (Fsp3) is 0.125. The largest absolute Gasteiger partial charge is 0.310 e. The Bertz CT molecular complexity index is 2300. The number of thiophene rings is 1. The molecule has 7 aromatic rings. The predicted molar refractivity (Wildman–Crippen MR) is 191 cm³/mol. The normalized spacial score (nSPS) is 16.8. The van der Waals surface area contributed by atoms with Gasteiger partial charge in [0.2, 0.25) is 0 Å². The molecule has 0 spiro atoms.